The quantitative estimate of drug-likeness (QED) is 0.246. The van der Waals surface area contributed by atoms with Crippen LogP contribution in [-0.4, -0.2) is 35.7 Å². The average molecular weight is 448 g/mol. The summed E-state index contributed by atoms with van der Waals surface area (Å²) in [6, 6.07) is 10.7. The van der Waals surface area contributed by atoms with E-state index in [1.807, 2.05) is 0 Å². The van der Waals surface area contributed by atoms with Crippen LogP contribution in [0, 0.1) is 10.1 Å². The number of nitrogens with zero attached hydrogens (tertiary/aromatic N) is 1. The first-order chi connectivity index (χ1) is 14.8. The molecule has 166 valence electrons. The van der Waals surface area contributed by atoms with E-state index >= 15 is 0 Å². The van der Waals surface area contributed by atoms with Crippen LogP contribution in [0.1, 0.15) is 37.0 Å². The molecule has 10 heteroatoms. The maximum atomic E-state index is 12.4. The number of ether oxygens (including phenoxy) is 2. The molecule has 2 N–H and O–H groups in total. The van der Waals surface area contributed by atoms with Crippen LogP contribution in [-0.2, 0) is 4.79 Å². The summed E-state index contributed by atoms with van der Waals surface area (Å²) in [6.45, 7) is 4.28. The van der Waals surface area contributed by atoms with E-state index in [1.165, 1.54) is 37.1 Å². The second kappa shape index (κ2) is 11.8. The largest absolute Gasteiger partial charge is 0.493 e. The normalized spacial score (nSPS) is 11.3. The van der Waals surface area contributed by atoms with Crippen molar-refractivity contribution in [3.8, 4) is 11.5 Å². The highest BCUT2D eigenvalue weighted by atomic mass is 32.2. The van der Waals surface area contributed by atoms with Gasteiger partial charge in [-0.15, -0.1) is 11.8 Å². The number of methoxy groups -OCH3 is 1. The number of carbonyl (C=O) groups is 2. The van der Waals surface area contributed by atoms with Gasteiger partial charge in [0.05, 0.1) is 23.9 Å². The Labute approximate surface area is 184 Å². The molecule has 2 aromatic carbocycles. The second-order valence-electron chi connectivity index (χ2n) is 6.52. The molecule has 0 aliphatic heterocycles. The lowest BCUT2D eigenvalue weighted by molar-refractivity contribution is -0.384. The van der Waals surface area contributed by atoms with Crippen LogP contribution in [0.5, 0.6) is 11.5 Å². The Morgan fingerprint density at radius 3 is 2.45 bits per heavy atom. The first-order valence-corrected chi connectivity index (χ1v) is 10.6. The maximum absolute atomic E-state index is 12.4. The number of non-ortho nitro benzene ring substituents is 1. The molecule has 2 aromatic rings. The topological polar surface area (TPSA) is 120 Å². The number of hydrogen-bond donors (Lipinski definition) is 2. The minimum atomic E-state index is -0.536. The van der Waals surface area contributed by atoms with Gasteiger partial charge in [0.15, 0.2) is 11.5 Å². The van der Waals surface area contributed by atoms with Crippen molar-refractivity contribution in [3.63, 3.8) is 0 Å². The summed E-state index contributed by atoms with van der Waals surface area (Å²) in [6.07, 6.45) is 1.91. The van der Waals surface area contributed by atoms with Crippen LogP contribution in [0.3, 0.4) is 0 Å². The highest BCUT2D eigenvalue weighted by molar-refractivity contribution is 8.00. The fraction of sp³-hybridized carbons (Fsp3) is 0.333. The van der Waals surface area contributed by atoms with Gasteiger partial charge in [-0.25, -0.2) is 0 Å². The van der Waals surface area contributed by atoms with E-state index in [-0.39, 0.29) is 5.69 Å². The monoisotopic (exact) mass is 447 g/mol. The maximum Gasteiger partial charge on any atom is 0.269 e. The van der Waals surface area contributed by atoms with E-state index in [2.05, 4.69) is 17.8 Å². The van der Waals surface area contributed by atoms with Crippen LogP contribution < -0.4 is 20.3 Å². The minimum Gasteiger partial charge on any atom is -0.493 e. The Morgan fingerprint density at radius 2 is 1.84 bits per heavy atom. The summed E-state index contributed by atoms with van der Waals surface area (Å²) < 4.78 is 10.9. The lowest BCUT2D eigenvalue weighted by Crippen LogP contribution is -2.44. The van der Waals surface area contributed by atoms with E-state index in [9.17, 15) is 19.7 Å². The summed E-state index contributed by atoms with van der Waals surface area (Å²) in [5, 5.41) is 10.2. The van der Waals surface area contributed by atoms with Gasteiger partial charge in [-0.05, 0) is 43.7 Å². The number of nitro benzene ring substituents is 1. The van der Waals surface area contributed by atoms with Crippen molar-refractivity contribution in [2.24, 2.45) is 0 Å². The minimum absolute atomic E-state index is 0.0223. The number of nitro groups is 1. The van der Waals surface area contributed by atoms with Gasteiger partial charge in [0.1, 0.15) is 0 Å². The molecule has 0 radical (unpaired) electrons. The van der Waals surface area contributed by atoms with Crippen LogP contribution in [0.2, 0.25) is 0 Å². The zero-order chi connectivity index (χ0) is 22.8. The lowest BCUT2D eigenvalue weighted by atomic mass is 10.2. The Morgan fingerprint density at radius 1 is 1.13 bits per heavy atom. The molecule has 0 heterocycles. The highest BCUT2D eigenvalue weighted by Gasteiger charge is 2.17. The Hall–Kier alpha value is -3.27. The van der Waals surface area contributed by atoms with Gasteiger partial charge in [-0.2, -0.15) is 0 Å². The van der Waals surface area contributed by atoms with Gasteiger partial charge < -0.3 is 9.47 Å². The summed E-state index contributed by atoms with van der Waals surface area (Å²) in [7, 11) is 1.49. The molecule has 9 nitrogen and oxygen atoms in total. The Kier molecular flexibility index (Phi) is 9.13. The number of benzene rings is 2. The number of hydrazine groups is 1. The number of unbranched alkanes of at least 4 members (excludes halogenated alkanes) is 1. The lowest BCUT2D eigenvalue weighted by Gasteiger charge is -2.14. The third-order valence-corrected chi connectivity index (χ3v) is 5.32. The third kappa shape index (κ3) is 7.18. The molecule has 0 fully saturated rings. The van der Waals surface area contributed by atoms with Gasteiger partial charge in [0.2, 0.25) is 0 Å². The SMILES string of the molecule is CCCCOc1ccc(C(=O)NNC(=O)C(C)Sc2ccc([N+](=O)[O-])cc2)cc1OC. The fourth-order valence-corrected chi connectivity index (χ4v) is 3.32. The number of hydrogen-bond acceptors (Lipinski definition) is 7. The van der Waals surface area contributed by atoms with Crippen molar-refractivity contribution in [3.05, 3.63) is 58.1 Å². The molecule has 0 saturated carbocycles. The van der Waals surface area contributed by atoms with Crippen molar-refractivity contribution in [1.29, 1.82) is 0 Å². The van der Waals surface area contributed by atoms with Crippen LogP contribution in [0.15, 0.2) is 47.4 Å². The van der Waals surface area contributed by atoms with Crippen LogP contribution in [0.25, 0.3) is 0 Å². The molecule has 2 amide bonds. The standard InChI is InChI=1S/C21H25N3O6S/c1-4-5-12-30-18-11-6-15(13-19(18)29-3)21(26)23-22-20(25)14(2)31-17-9-7-16(8-10-17)24(27)28/h6-11,13-14H,4-5,12H2,1-3H3,(H,22,25)(H,23,26). The molecule has 31 heavy (non-hydrogen) atoms. The molecular weight excluding hydrogens is 422 g/mol. The summed E-state index contributed by atoms with van der Waals surface area (Å²) in [5.41, 5.74) is 5.04. The Bertz CT molecular complexity index is 920. The summed E-state index contributed by atoms with van der Waals surface area (Å²) >= 11 is 1.21. The van der Waals surface area contributed by atoms with Crippen molar-refractivity contribution in [1.82, 2.24) is 10.9 Å². The molecule has 0 spiro atoms. The third-order valence-electron chi connectivity index (χ3n) is 4.21. The van der Waals surface area contributed by atoms with Gasteiger partial charge in [0, 0.05) is 22.6 Å². The molecule has 1 unspecified atom stereocenters. The molecule has 0 aliphatic rings. The zero-order valence-electron chi connectivity index (χ0n) is 17.5. The molecule has 1 atom stereocenters. The van der Waals surface area contributed by atoms with E-state index in [4.69, 9.17) is 9.47 Å². The molecule has 0 saturated heterocycles. The predicted molar refractivity (Wildman–Crippen MR) is 117 cm³/mol. The van der Waals surface area contributed by atoms with Gasteiger partial charge in [-0.1, -0.05) is 13.3 Å². The fourth-order valence-electron chi connectivity index (χ4n) is 2.45. The van der Waals surface area contributed by atoms with E-state index < -0.39 is 22.0 Å². The average Bonchev–Trinajstić information content (AvgIpc) is 2.77. The summed E-state index contributed by atoms with van der Waals surface area (Å²) in [5.74, 6) is 0.0595. The van der Waals surface area contributed by atoms with Crippen molar-refractivity contribution in [2.75, 3.05) is 13.7 Å². The number of rotatable bonds is 10. The van der Waals surface area contributed by atoms with Crippen molar-refractivity contribution < 1.29 is 24.0 Å². The summed E-state index contributed by atoms with van der Waals surface area (Å²) in [4.78, 5) is 35.6. The van der Waals surface area contributed by atoms with Gasteiger partial charge >= 0.3 is 0 Å². The molecule has 2 rings (SSSR count). The number of amides is 2. The van der Waals surface area contributed by atoms with Crippen molar-refractivity contribution >= 4 is 29.3 Å². The number of carbonyl (C=O) groups excluding carboxylic acids is 2. The molecule has 0 bridgehead atoms. The van der Waals surface area contributed by atoms with Crippen LogP contribution in [0.4, 0.5) is 5.69 Å². The van der Waals surface area contributed by atoms with E-state index in [1.54, 1.807) is 31.2 Å². The number of thioether (sulfide) groups is 1. The van der Waals surface area contributed by atoms with E-state index in [0.29, 0.717) is 28.6 Å². The smallest absolute Gasteiger partial charge is 0.269 e. The van der Waals surface area contributed by atoms with Gasteiger partial charge in [0.25, 0.3) is 17.5 Å². The van der Waals surface area contributed by atoms with Crippen molar-refractivity contribution in [2.45, 2.75) is 36.8 Å². The van der Waals surface area contributed by atoms with Gasteiger partial charge in [-0.3, -0.25) is 30.6 Å². The number of nitrogens with one attached hydrogen (secondary N) is 2. The predicted octanol–water partition coefficient (Wildman–Crippen LogP) is 3.72. The van der Waals surface area contributed by atoms with Crippen LogP contribution >= 0.6 is 11.8 Å². The molecule has 0 aliphatic carbocycles. The first-order valence-electron chi connectivity index (χ1n) is 9.67. The van der Waals surface area contributed by atoms with E-state index in [0.717, 1.165) is 12.8 Å². The molecule has 0 aromatic heterocycles. The zero-order valence-corrected chi connectivity index (χ0v) is 18.4. The molecular formula is C21H25N3O6S. The Balaban J connectivity index is 1.90. The highest BCUT2D eigenvalue weighted by Crippen LogP contribution is 2.28. The first kappa shape index (κ1) is 24.0. The second-order valence-corrected chi connectivity index (χ2v) is 7.94.